The number of nitrogens with zero attached hydrogens (tertiary/aromatic N) is 2. The summed E-state index contributed by atoms with van der Waals surface area (Å²) in [5, 5.41) is 13.8. The molecule has 3 rings (SSSR count). The predicted molar refractivity (Wildman–Crippen MR) is 125 cm³/mol. The van der Waals surface area contributed by atoms with Gasteiger partial charge in [0.05, 0.1) is 35.5 Å². The Morgan fingerprint density at radius 3 is 2.61 bits per heavy atom. The second-order valence-corrected chi connectivity index (χ2v) is 7.81. The van der Waals surface area contributed by atoms with Gasteiger partial charge in [-0.3, -0.25) is 4.79 Å². The molecule has 1 amide bonds. The van der Waals surface area contributed by atoms with E-state index >= 15 is 0 Å². The smallest absolute Gasteiger partial charge is 0.274 e. The van der Waals surface area contributed by atoms with Gasteiger partial charge in [0.15, 0.2) is 11.5 Å². The lowest BCUT2D eigenvalue weighted by molar-refractivity contribution is 0.0951. The molecule has 168 valence electrons. The molecule has 10 heteroatoms. The van der Waals surface area contributed by atoms with Crippen LogP contribution in [-0.2, 0) is 6.61 Å². The van der Waals surface area contributed by atoms with Crippen LogP contribution >= 0.6 is 34.8 Å². The van der Waals surface area contributed by atoms with Gasteiger partial charge in [-0.15, -0.1) is 0 Å². The van der Waals surface area contributed by atoms with Gasteiger partial charge in [0, 0.05) is 15.6 Å². The van der Waals surface area contributed by atoms with Crippen molar-refractivity contribution in [1.82, 2.24) is 5.43 Å². The Bertz CT molecular complexity index is 1280. The third kappa shape index (κ3) is 6.14. The SMILES string of the molecule is COc1cc(C=NNC(=O)c2ccc(C#N)cc2F)cc(Cl)c1OCc1ccc(Cl)cc1Cl. The molecule has 0 bridgehead atoms. The van der Waals surface area contributed by atoms with E-state index in [0.29, 0.717) is 32.7 Å². The van der Waals surface area contributed by atoms with Crippen molar-refractivity contribution in [3.63, 3.8) is 0 Å². The highest BCUT2D eigenvalue weighted by Gasteiger charge is 2.14. The molecule has 0 aromatic heterocycles. The van der Waals surface area contributed by atoms with Crippen LogP contribution in [0.1, 0.15) is 27.0 Å². The highest BCUT2D eigenvalue weighted by molar-refractivity contribution is 6.35. The molecular weight excluding hydrogens is 492 g/mol. The monoisotopic (exact) mass is 505 g/mol. The molecule has 0 aliphatic carbocycles. The number of rotatable bonds is 7. The fourth-order valence-electron chi connectivity index (χ4n) is 2.74. The number of hydrogen-bond acceptors (Lipinski definition) is 5. The number of halogens is 4. The number of carbonyl (C=O) groups excluding carboxylic acids is 1. The van der Waals surface area contributed by atoms with E-state index in [1.807, 2.05) is 0 Å². The van der Waals surface area contributed by atoms with E-state index in [1.165, 1.54) is 25.5 Å². The number of benzene rings is 3. The van der Waals surface area contributed by atoms with E-state index in [4.69, 9.17) is 49.5 Å². The van der Waals surface area contributed by atoms with Crippen LogP contribution < -0.4 is 14.9 Å². The van der Waals surface area contributed by atoms with E-state index in [0.717, 1.165) is 6.07 Å². The molecule has 0 atom stereocenters. The van der Waals surface area contributed by atoms with Gasteiger partial charge in [0.1, 0.15) is 12.4 Å². The lowest BCUT2D eigenvalue weighted by Gasteiger charge is -2.14. The minimum Gasteiger partial charge on any atom is -0.493 e. The summed E-state index contributed by atoms with van der Waals surface area (Å²) in [6, 6.07) is 13.5. The van der Waals surface area contributed by atoms with Gasteiger partial charge in [0.2, 0.25) is 0 Å². The second kappa shape index (κ2) is 11.0. The molecular formula is C23H15Cl3FN3O3. The van der Waals surface area contributed by atoms with Crippen LogP contribution in [0.15, 0.2) is 53.6 Å². The van der Waals surface area contributed by atoms with Crippen LogP contribution in [0, 0.1) is 17.1 Å². The number of amides is 1. The van der Waals surface area contributed by atoms with Crippen molar-refractivity contribution in [1.29, 1.82) is 5.26 Å². The number of methoxy groups -OCH3 is 1. The molecule has 6 nitrogen and oxygen atoms in total. The summed E-state index contributed by atoms with van der Waals surface area (Å²) in [6.07, 6.45) is 1.31. The zero-order chi connectivity index (χ0) is 24.0. The number of hydrogen-bond donors (Lipinski definition) is 1. The Kier molecular flexibility index (Phi) is 8.12. The normalized spacial score (nSPS) is 10.7. The van der Waals surface area contributed by atoms with E-state index in [1.54, 1.807) is 36.4 Å². The van der Waals surface area contributed by atoms with Gasteiger partial charge in [-0.25, -0.2) is 9.82 Å². The molecule has 0 saturated heterocycles. The van der Waals surface area contributed by atoms with Crippen molar-refractivity contribution in [3.05, 3.63) is 91.7 Å². The van der Waals surface area contributed by atoms with Crippen LogP contribution in [-0.4, -0.2) is 19.2 Å². The lowest BCUT2D eigenvalue weighted by Crippen LogP contribution is -2.19. The van der Waals surface area contributed by atoms with Crippen molar-refractivity contribution >= 4 is 46.9 Å². The first-order valence-corrected chi connectivity index (χ1v) is 10.4. The molecule has 0 fully saturated rings. The number of nitriles is 1. The van der Waals surface area contributed by atoms with Crippen LogP contribution in [0.3, 0.4) is 0 Å². The van der Waals surface area contributed by atoms with Gasteiger partial charge in [-0.2, -0.15) is 10.4 Å². The van der Waals surface area contributed by atoms with Crippen LogP contribution in [0.25, 0.3) is 0 Å². The molecule has 0 aliphatic heterocycles. The fourth-order valence-corrected chi connectivity index (χ4v) is 3.47. The third-order valence-electron chi connectivity index (χ3n) is 4.36. The summed E-state index contributed by atoms with van der Waals surface area (Å²) in [7, 11) is 1.45. The van der Waals surface area contributed by atoms with Crippen molar-refractivity contribution in [2.75, 3.05) is 7.11 Å². The Morgan fingerprint density at radius 1 is 1.15 bits per heavy atom. The topological polar surface area (TPSA) is 83.7 Å². The van der Waals surface area contributed by atoms with E-state index in [-0.39, 0.29) is 22.8 Å². The Balaban J connectivity index is 1.71. The molecule has 3 aromatic carbocycles. The summed E-state index contributed by atoms with van der Waals surface area (Å²) in [6.45, 7) is 0.131. The van der Waals surface area contributed by atoms with Gasteiger partial charge in [-0.05, 0) is 48.0 Å². The minimum absolute atomic E-state index is 0.106. The first-order chi connectivity index (χ1) is 15.8. The Labute approximate surface area is 204 Å². The molecule has 0 unspecified atom stereocenters. The van der Waals surface area contributed by atoms with E-state index < -0.39 is 11.7 Å². The summed E-state index contributed by atoms with van der Waals surface area (Å²) >= 11 is 18.4. The quantitative estimate of drug-likeness (QED) is 0.314. The van der Waals surface area contributed by atoms with Gasteiger partial charge < -0.3 is 9.47 Å². The largest absolute Gasteiger partial charge is 0.493 e. The molecule has 0 radical (unpaired) electrons. The average Bonchev–Trinajstić information content (AvgIpc) is 2.78. The predicted octanol–water partition coefficient (Wildman–Crippen LogP) is 6.01. The maximum Gasteiger partial charge on any atom is 0.274 e. The number of nitrogens with one attached hydrogen (secondary N) is 1. The molecule has 1 N–H and O–H groups in total. The minimum atomic E-state index is -0.825. The Hall–Kier alpha value is -3.31. The Morgan fingerprint density at radius 2 is 1.94 bits per heavy atom. The van der Waals surface area contributed by atoms with Crippen LogP contribution in [0.5, 0.6) is 11.5 Å². The zero-order valence-electron chi connectivity index (χ0n) is 17.0. The number of carbonyl (C=O) groups is 1. The third-order valence-corrected chi connectivity index (χ3v) is 5.23. The van der Waals surface area contributed by atoms with Crippen LogP contribution in [0.4, 0.5) is 4.39 Å². The summed E-state index contributed by atoms with van der Waals surface area (Å²) < 4.78 is 25.1. The molecule has 0 heterocycles. The van der Waals surface area contributed by atoms with Crippen molar-refractivity contribution in [3.8, 4) is 17.6 Å². The van der Waals surface area contributed by atoms with Crippen molar-refractivity contribution in [2.45, 2.75) is 6.61 Å². The zero-order valence-corrected chi connectivity index (χ0v) is 19.3. The first-order valence-electron chi connectivity index (χ1n) is 9.29. The number of hydrazone groups is 1. The van der Waals surface area contributed by atoms with Gasteiger partial charge >= 0.3 is 0 Å². The highest BCUT2D eigenvalue weighted by atomic mass is 35.5. The lowest BCUT2D eigenvalue weighted by atomic mass is 10.1. The molecule has 3 aromatic rings. The molecule has 0 saturated carbocycles. The maximum absolute atomic E-state index is 13.9. The first kappa shape index (κ1) is 24.3. The van der Waals surface area contributed by atoms with E-state index in [2.05, 4.69) is 10.5 Å². The summed E-state index contributed by atoms with van der Waals surface area (Å²) in [5.74, 6) is -0.968. The maximum atomic E-state index is 13.9. The average molecular weight is 507 g/mol. The molecule has 0 spiro atoms. The summed E-state index contributed by atoms with van der Waals surface area (Å²) in [4.78, 5) is 12.1. The van der Waals surface area contributed by atoms with E-state index in [9.17, 15) is 9.18 Å². The standard InChI is InChI=1S/C23H15Cl3FN3O3/c1-32-21-8-14(11-29-30-23(31)17-5-2-13(10-28)7-20(17)27)6-19(26)22(21)33-12-15-3-4-16(24)9-18(15)25/h2-9,11H,12H2,1H3,(H,30,31). The van der Waals surface area contributed by atoms with Crippen molar-refractivity contribution < 1.29 is 18.7 Å². The van der Waals surface area contributed by atoms with Crippen molar-refractivity contribution in [2.24, 2.45) is 5.10 Å². The molecule has 0 aliphatic rings. The highest BCUT2D eigenvalue weighted by Crippen LogP contribution is 2.37. The summed E-state index contributed by atoms with van der Waals surface area (Å²) in [5.41, 5.74) is 3.29. The van der Waals surface area contributed by atoms with Gasteiger partial charge in [0.25, 0.3) is 5.91 Å². The number of ether oxygens (including phenoxy) is 2. The van der Waals surface area contributed by atoms with Gasteiger partial charge in [-0.1, -0.05) is 40.9 Å². The molecule has 33 heavy (non-hydrogen) atoms. The fraction of sp³-hybridized carbons (Fsp3) is 0.0870. The second-order valence-electron chi connectivity index (χ2n) is 6.56. The van der Waals surface area contributed by atoms with Crippen LogP contribution in [0.2, 0.25) is 15.1 Å².